The van der Waals surface area contributed by atoms with E-state index in [1.165, 1.54) is 6.07 Å². The summed E-state index contributed by atoms with van der Waals surface area (Å²) in [7, 11) is 0. The van der Waals surface area contributed by atoms with Crippen molar-refractivity contribution in [2.75, 3.05) is 23.3 Å². The zero-order chi connectivity index (χ0) is 15.3. The number of nitrogens with zero attached hydrogens (tertiary/aromatic N) is 3. The van der Waals surface area contributed by atoms with Gasteiger partial charge in [0.25, 0.3) is 0 Å². The predicted molar refractivity (Wildman–Crippen MR) is 76.7 cm³/mol. The number of alkyl halides is 3. The number of hydrogen-bond donors (Lipinski definition) is 1. The summed E-state index contributed by atoms with van der Waals surface area (Å²) in [5.74, 6) is 1.01. The molecule has 1 fully saturated rings. The van der Waals surface area contributed by atoms with Crippen molar-refractivity contribution in [2.24, 2.45) is 0 Å². The van der Waals surface area contributed by atoms with Gasteiger partial charge >= 0.3 is 6.18 Å². The first-order valence-electron chi connectivity index (χ1n) is 7.07. The van der Waals surface area contributed by atoms with Gasteiger partial charge in [0.05, 0.1) is 17.4 Å². The van der Waals surface area contributed by atoms with E-state index in [0.29, 0.717) is 23.2 Å². The van der Waals surface area contributed by atoms with E-state index in [4.69, 9.17) is 0 Å². The van der Waals surface area contributed by atoms with E-state index in [0.717, 1.165) is 37.3 Å². The second-order valence-corrected chi connectivity index (χ2v) is 5.58. The molecule has 0 saturated carbocycles. The molecule has 2 aliphatic rings. The van der Waals surface area contributed by atoms with Crippen LogP contribution >= 0.6 is 0 Å². The summed E-state index contributed by atoms with van der Waals surface area (Å²) in [4.78, 5) is 10.9. The van der Waals surface area contributed by atoms with Crippen molar-refractivity contribution in [3.8, 4) is 11.4 Å². The lowest BCUT2D eigenvalue weighted by atomic mass is 10.1. The van der Waals surface area contributed by atoms with Gasteiger partial charge in [-0.05, 0) is 18.6 Å². The van der Waals surface area contributed by atoms with Gasteiger partial charge in [-0.25, -0.2) is 9.97 Å². The van der Waals surface area contributed by atoms with Crippen LogP contribution < -0.4 is 10.2 Å². The van der Waals surface area contributed by atoms with E-state index in [1.54, 1.807) is 12.3 Å². The number of aromatic nitrogens is 2. The summed E-state index contributed by atoms with van der Waals surface area (Å²) in [6.45, 7) is 1.89. The summed E-state index contributed by atoms with van der Waals surface area (Å²) < 4.78 is 38.4. The van der Waals surface area contributed by atoms with Crippen molar-refractivity contribution in [3.63, 3.8) is 0 Å². The molecule has 0 radical (unpaired) electrons. The highest BCUT2D eigenvalue weighted by Gasteiger charge is 2.32. The van der Waals surface area contributed by atoms with Crippen LogP contribution in [0.25, 0.3) is 11.4 Å². The average molecular weight is 306 g/mol. The molecule has 4 nitrogen and oxygen atoms in total. The second-order valence-electron chi connectivity index (χ2n) is 5.58. The number of rotatable bonds is 1. The number of benzene rings is 1. The Balaban J connectivity index is 1.74. The third-order valence-corrected chi connectivity index (χ3v) is 4.09. The molecular formula is C15H13F3N4. The number of nitrogens with one attached hydrogen (secondary N) is 1. The fraction of sp³-hybridized carbons (Fsp3) is 0.333. The lowest BCUT2D eigenvalue weighted by Crippen LogP contribution is -2.32. The normalized spacial score (nSPS) is 19.8. The fourth-order valence-electron chi connectivity index (χ4n) is 2.98. The quantitative estimate of drug-likeness (QED) is 0.878. The Kier molecular flexibility index (Phi) is 2.79. The molecule has 1 atom stereocenters. The van der Waals surface area contributed by atoms with Gasteiger partial charge in [0, 0.05) is 24.7 Å². The van der Waals surface area contributed by atoms with E-state index in [9.17, 15) is 13.2 Å². The molecule has 114 valence electrons. The van der Waals surface area contributed by atoms with Crippen molar-refractivity contribution in [1.82, 2.24) is 9.97 Å². The summed E-state index contributed by atoms with van der Waals surface area (Å²) >= 11 is 0. The number of fused-ring (bicyclic) bond motifs is 4. The maximum Gasteiger partial charge on any atom is 0.416 e. The largest absolute Gasteiger partial charge is 0.416 e. The topological polar surface area (TPSA) is 41.1 Å². The predicted octanol–water partition coefficient (Wildman–Crippen LogP) is 3.17. The standard InChI is InChI=1S/C15H13F3N4/c16-15(17,18)10-3-1-2-9(6-10)13-19-7-12-14(21-13)20-11-4-5-22(12)8-11/h1-3,6-7,11H,4-5,8H2,(H,19,20,21)/t11-/m1/s1. The maximum atomic E-state index is 12.8. The second kappa shape index (κ2) is 4.59. The summed E-state index contributed by atoms with van der Waals surface area (Å²) in [6.07, 6.45) is -1.64. The highest BCUT2D eigenvalue weighted by atomic mass is 19.4. The van der Waals surface area contributed by atoms with Crippen LogP contribution in [0.1, 0.15) is 12.0 Å². The third kappa shape index (κ3) is 2.17. The molecule has 7 heteroatoms. The van der Waals surface area contributed by atoms with Gasteiger partial charge in [0.15, 0.2) is 11.6 Å². The molecule has 4 rings (SSSR count). The van der Waals surface area contributed by atoms with Crippen molar-refractivity contribution in [1.29, 1.82) is 0 Å². The van der Waals surface area contributed by atoms with Crippen LogP contribution in [-0.2, 0) is 6.18 Å². The smallest absolute Gasteiger partial charge is 0.365 e. The van der Waals surface area contributed by atoms with Crippen LogP contribution in [0.3, 0.4) is 0 Å². The highest BCUT2D eigenvalue weighted by Crippen LogP contribution is 2.35. The lowest BCUT2D eigenvalue weighted by Gasteiger charge is -2.27. The Hall–Kier alpha value is -2.31. The first-order valence-corrected chi connectivity index (χ1v) is 7.07. The van der Waals surface area contributed by atoms with Crippen LogP contribution in [-0.4, -0.2) is 29.1 Å². The number of anilines is 2. The van der Waals surface area contributed by atoms with Crippen molar-refractivity contribution < 1.29 is 13.2 Å². The van der Waals surface area contributed by atoms with Crippen LogP contribution in [0.2, 0.25) is 0 Å². The van der Waals surface area contributed by atoms with Gasteiger partial charge in [0.2, 0.25) is 0 Å². The zero-order valence-electron chi connectivity index (χ0n) is 11.6. The third-order valence-electron chi connectivity index (χ3n) is 4.09. The SMILES string of the molecule is FC(F)(F)c1cccc(-c2ncc3c(n2)N[C@@H]2CCN3C2)c1. The maximum absolute atomic E-state index is 12.8. The lowest BCUT2D eigenvalue weighted by molar-refractivity contribution is -0.137. The Morgan fingerprint density at radius 1 is 1.27 bits per heavy atom. The van der Waals surface area contributed by atoms with Gasteiger partial charge in [-0.15, -0.1) is 0 Å². The molecule has 2 aromatic rings. The van der Waals surface area contributed by atoms with Crippen molar-refractivity contribution in [3.05, 3.63) is 36.0 Å². The van der Waals surface area contributed by atoms with Crippen molar-refractivity contribution >= 4 is 11.5 Å². The van der Waals surface area contributed by atoms with Gasteiger partial charge in [-0.3, -0.25) is 0 Å². The Morgan fingerprint density at radius 2 is 2.14 bits per heavy atom. The first kappa shape index (κ1) is 13.4. The molecule has 3 heterocycles. The summed E-state index contributed by atoms with van der Waals surface area (Å²) in [5, 5.41) is 3.33. The van der Waals surface area contributed by atoms with Gasteiger partial charge in [0.1, 0.15) is 0 Å². The van der Waals surface area contributed by atoms with Crippen LogP contribution in [0.4, 0.5) is 24.7 Å². The van der Waals surface area contributed by atoms with Crippen LogP contribution in [0.5, 0.6) is 0 Å². The minimum atomic E-state index is -4.37. The fourth-order valence-corrected chi connectivity index (χ4v) is 2.98. The Morgan fingerprint density at radius 3 is 2.95 bits per heavy atom. The summed E-state index contributed by atoms with van der Waals surface area (Å²) in [6, 6.07) is 5.46. The molecule has 1 aromatic carbocycles. The molecular weight excluding hydrogens is 293 g/mol. The van der Waals surface area contributed by atoms with Gasteiger partial charge in [-0.2, -0.15) is 13.2 Å². The highest BCUT2D eigenvalue weighted by molar-refractivity contribution is 5.72. The minimum Gasteiger partial charge on any atom is -0.365 e. The Bertz CT molecular complexity index is 729. The van der Waals surface area contributed by atoms with Crippen LogP contribution in [0.15, 0.2) is 30.5 Å². The summed E-state index contributed by atoms with van der Waals surface area (Å²) in [5.41, 5.74) is 0.597. The van der Waals surface area contributed by atoms with Gasteiger partial charge in [-0.1, -0.05) is 12.1 Å². The molecule has 2 aliphatic heterocycles. The van der Waals surface area contributed by atoms with Crippen molar-refractivity contribution in [2.45, 2.75) is 18.6 Å². The van der Waals surface area contributed by atoms with Gasteiger partial charge < -0.3 is 10.2 Å². The molecule has 0 aliphatic carbocycles. The first-order chi connectivity index (χ1) is 10.5. The van der Waals surface area contributed by atoms with Crippen LogP contribution in [0, 0.1) is 0 Å². The molecule has 0 spiro atoms. The molecule has 1 N–H and O–H groups in total. The average Bonchev–Trinajstić information content (AvgIpc) is 2.88. The molecule has 1 saturated heterocycles. The molecule has 1 aromatic heterocycles. The monoisotopic (exact) mass is 306 g/mol. The molecule has 0 unspecified atom stereocenters. The Labute approximate surface area is 125 Å². The number of hydrogen-bond acceptors (Lipinski definition) is 4. The molecule has 2 bridgehead atoms. The zero-order valence-corrected chi connectivity index (χ0v) is 11.6. The van der Waals surface area contributed by atoms with E-state index in [2.05, 4.69) is 20.2 Å². The molecule has 0 amide bonds. The van der Waals surface area contributed by atoms with E-state index < -0.39 is 11.7 Å². The number of halogens is 3. The van der Waals surface area contributed by atoms with E-state index in [-0.39, 0.29) is 0 Å². The molecule has 22 heavy (non-hydrogen) atoms. The minimum absolute atomic E-state index is 0.305. The van der Waals surface area contributed by atoms with E-state index in [1.807, 2.05) is 0 Å². The van der Waals surface area contributed by atoms with E-state index >= 15 is 0 Å².